The van der Waals surface area contributed by atoms with Gasteiger partial charge in [-0.3, -0.25) is 9.78 Å². The van der Waals surface area contributed by atoms with Crippen LogP contribution in [0.5, 0.6) is 5.75 Å². The number of aliphatic imine (C=N–C) groups is 1. The fraction of sp³-hybridized carbons (Fsp3) is 0.115. The standard InChI is InChI=1S/C26H18ClN3O2/c1-32-18-11-12-20-19(13-18)22(15-5-3-2-4-6-15)23-21(28-20)14-30-24(26(31)29-25(23)30)16-7-9-17(27)10-8-16/h2-13,24H,14H2,1H3. The summed E-state index contributed by atoms with van der Waals surface area (Å²) in [5.41, 5.74) is 5.68. The molecule has 32 heavy (non-hydrogen) atoms. The van der Waals surface area contributed by atoms with Crippen LogP contribution in [0.3, 0.4) is 0 Å². The van der Waals surface area contributed by atoms with Gasteiger partial charge in [-0.2, -0.15) is 4.99 Å². The molecular weight excluding hydrogens is 422 g/mol. The van der Waals surface area contributed by atoms with E-state index in [-0.39, 0.29) is 5.91 Å². The molecule has 4 aromatic rings. The summed E-state index contributed by atoms with van der Waals surface area (Å²) >= 11 is 6.06. The molecule has 2 aliphatic heterocycles. The molecule has 6 rings (SSSR count). The summed E-state index contributed by atoms with van der Waals surface area (Å²) in [5, 5.41) is 1.61. The van der Waals surface area contributed by atoms with Crippen molar-refractivity contribution in [1.82, 2.24) is 9.88 Å². The van der Waals surface area contributed by atoms with Gasteiger partial charge in [0.15, 0.2) is 0 Å². The lowest BCUT2D eigenvalue weighted by molar-refractivity contribution is -0.120. The Bertz CT molecular complexity index is 1410. The van der Waals surface area contributed by atoms with Gasteiger partial charge in [0.25, 0.3) is 5.91 Å². The molecule has 1 amide bonds. The highest BCUT2D eigenvalue weighted by Gasteiger charge is 2.43. The molecule has 0 aliphatic carbocycles. The van der Waals surface area contributed by atoms with Crippen LogP contribution in [0.2, 0.25) is 5.02 Å². The van der Waals surface area contributed by atoms with Crippen molar-refractivity contribution < 1.29 is 9.53 Å². The van der Waals surface area contributed by atoms with Crippen molar-refractivity contribution in [2.24, 2.45) is 4.99 Å². The minimum Gasteiger partial charge on any atom is -0.497 e. The van der Waals surface area contributed by atoms with Crippen LogP contribution >= 0.6 is 11.6 Å². The highest BCUT2D eigenvalue weighted by Crippen LogP contribution is 2.43. The number of amides is 1. The Morgan fingerprint density at radius 2 is 1.78 bits per heavy atom. The molecule has 1 atom stereocenters. The molecule has 0 spiro atoms. The number of nitrogens with zero attached hydrogens (tertiary/aromatic N) is 3. The molecule has 0 fully saturated rings. The van der Waals surface area contributed by atoms with Gasteiger partial charge < -0.3 is 9.64 Å². The van der Waals surface area contributed by atoms with E-state index in [1.54, 1.807) is 19.2 Å². The highest BCUT2D eigenvalue weighted by atomic mass is 35.5. The van der Waals surface area contributed by atoms with Crippen LogP contribution in [-0.4, -0.2) is 28.7 Å². The third kappa shape index (κ3) is 2.82. The maximum Gasteiger partial charge on any atom is 0.275 e. The third-order valence-electron chi connectivity index (χ3n) is 6.09. The van der Waals surface area contributed by atoms with Gasteiger partial charge in [-0.1, -0.05) is 54.1 Å². The van der Waals surface area contributed by atoms with Crippen molar-refractivity contribution in [2.45, 2.75) is 12.6 Å². The zero-order valence-electron chi connectivity index (χ0n) is 17.2. The Labute approximate surface area is 189 Å². The molecule has 3 heterocycles. The molecule has 0 N–H and O–H groups in total. The predicted octanol–water partition coefficient (Wildman–Crippen LogP) is 5.41. The average molecular weight is 440 g/mol. The van der Waals surface area contributed by atoms with Gasteiger partial charge in [0.1, 0.15) is 17.6 Å². The van der Waals surface area contributed by atoms with Gasteiger partial charge in [-0.05, 0) is 41.5 Å². The van der Waals surface area contributed by atoms with E-state index in [9.17, 15) is 4.79 Å². The number of methoxy groups -OCH3 is 1. The molecule has 5 nitrogen and oxygen atoms in total. The van der Waals surface area contributed by atoms with Crippen LogP contribution in [-0.2, 0) is 11.3 Å². The maximum atomic E-state index is 13.0. The maximum absolute atomic E-state index is 13.0. The van der Waals surface area contributed by atoms with Crippen LogP contribution in [0.15, 0.2) is 77.8 Å². The van der Waals surface area contributed by atoms with Crippen LogP contribution in [0.4, 0.5) is 0 Å². The Kier molecular flexibility index (Phi) is 4.26. The Balaban J connectivity index is 1.58. The van der Waals surface area contributed by atoms with E-state index in [0.29, 0.717) is 17.4 Å². The number of hydrogen-bond donors (Lipinski definition) is 0. The minimum atomic E-state index is -0.474. The Morgan fingerprint density at radius 1 is 1.00 bits per heavy atom. The topological polar surface area (TPSA) is 54.8 Å². The van der Waals surface area contributed by atoms with E-state index in [0.717, 1.165) is 44.6 Å². The van der Waals surface area contributed by atoms with Gasteiger partial charge >= 0.3 is 0 Å². The third-order valence-corrected chi connectivity index (χ3v) is 6.34. The van der Waals surface area contributed by atoms with Crippen molar-refractivity contribution in [3.8, 4) is 16.9 Å². The van der Waals surface area contributed by atoms with E-state index >= 15 is 0 Å². The number of pyridine rings is 1. The van der Waals surface area contributed by atoms with Crippen LogP contribution < -0.4 is 4.74 Å². The molecule has 6 heteroatoms. The lowest BCUT2D eigenvalue weighted by Gasteiger charge is -2.21. The van der Waals surface area contributed by atoms with Crippen molar-refractivity contribution in [3.05, 3.63) is 94.6 Å². The number of carbonyl (C=O) groups is 1. The van der Waals surface area contributed by atoms with Gasteiger partial charge in [0.05, 0.1) is 24.9 Å². The van der Waals surface area contributed by atoms with Gasteiger partial charge in [0.2, 0.25) is 0 Å². The van der Waals surface area contributed by atoms with E-state index in [1.165, 1.54) is 0 Å². The Hall–Kier alpha value is -3.70. The molecular formula is C26H18ClN3O2. The number of halogens is 1. The van der Waals surface area contributed by atoms with Crippen molar-refractivity contribution in [1.29, 1.82) is 0 Å². The first-order valence-electron chi connectivity index (χ1n) is 10.3. The summed E-state index contributed by atoms with van der Waals surface area (Å²) in [6, 6.07) is 23.0. The second-order valence-corrected chi connectivity index (χ2v) is 8.35. The molecule has 2 aliphatic rings. The molecule has 0 bridgehead atoms. The molecule has 0 saturated carbocycles. The smallest absolute Gasteiger partial charge is 0.275 e. The second kappa shape index (κ2) is 7.18. The first-order chi connectivity index (χ1) is 15.6. The molecule has 3 aromatic carbocycles. The van der Waals surface area contributed by atoms with E-state index in [2.05, 4.69) is 17.1 Å². The Morgan fingerprint density at radius 3 is 2.53 bits per heavy atom. The fourth-order valence-corrected chi connectivity index (χ4v) is 4.79. The number of amidine groups is 1. The first kappa shape index (κ1) is 19.0. The SMILES string of the molecule is COc1ccc2nc3c(c(-c4ccccc4)c2c1)C1=NC(=O)C(c2ccc(Cl)cc2)N1C3. The zero-order chi connectivity index (χ0) is 21.8. The lowest BCUT2D eigenvalue weighted by Crippen LogP contribution is -2.27. The summed E-state index contributed by atoms with van der Waals surface area (Å²) in [4.78, 5) is 24.5. The number of carbonyl (C=O) groups excluding carboxylic acids is 1. The summed E-state index contributed by atoms with van der Waals surface area (Å²) in [6.45, 7) is 0.523. The second-order valence-electron chi connectivity index (χ2n) is 7.91. The van der Waals surface area contributed by atoms with Crippen molar-refractivity contribution >= 4 is 34.2 Å². The molecule has 1 aromatic heterocycles. The molecule has 156 valence electrons. The summed E-state index contributed by atoms with van der Waals surface area (Å²) < 4.78 is 5.49. The number of rotatable bonds is 3. The van der Waals surface area contributed by atoms with Crippen LogP contribution in [0.25, 0.3) is 22.0 Å². The summed E-state index contributed by atoms with van der Waals surface area (Å²) in [7, 11) is 1.66. The van der Waals surface area contributed by atoms with E-state index in [1.807, 2.05) is 53.4 Å². The number of aromatic nitrogens is 1. The van der Waals surface area contributed by atoms with Crippen molar-refractivity contribution in [2.75, 3.05) is 7.11 Å². The largest absolute Gasteiger partial charge is 0.497 e. The molecule has 0 radical (unpaired) electrons. The van der Waals surface area contributed by atoms with Crippen LogP contribution in [0.1, 0.15) is 22.9 Å². The average Bonchev–Trinajstić information content (AvgIpc) is 3.32. The van der Waals surface area contributed by atoms with Gasteiger partial charge in [0, 0.05) is 21.5 Å². The molecule has 0 saturated heterocycles. The number of ether oxygens (including phenoxy) is 1. The predicted molar refractivity (Wildman–Crippen MR) is 125 cm³/mol. The fourth-order valence-electron chi connectivity index (χ4n) is 4.66. The number of fused-ring (bicyclic) bond motifs is 4. The van der Waals surface area contributed by atoms with Crippen LogP contribution in [0, 0.1) is 0 Å². The monoisotopic (exact) mass is 439 g/mol. The van der Waals surface area contributed by atoms with E-state index < -0.39 is 6.04 Å². The van der Waals surface area contributed by atoms with Gasteiger partial charge in [-0.25, -0.2) is 0 Å². The quantitative estimate of drug-likeness (QED) is 0.428. The van der Waals surface area contributed by atoms with E-state index in [4.69, 9.17) is 21.3 Å². The zero-order valence-corrected chi connectivity index (χ0v) is 18.0. The van der Waals surface area contributed by atoms with Gasteiger partial charge in [-0.15, -0.1) is 0 Å². The first-order valence-corrected chi connectivity index (χ1v) is 10.7. The van der Waals surface area contributed by atoms with Crippen molar-refractivity contribution in [3.63, 3.8) is 0 Å². The highest BCUT2D eigenvalue weighted by molar-refractivity contribution is 6.30. The minimum absolute atomic E-state index is 0.169. The normalized spacial score (nSPS) is 16.8. The lowest BCUT2D eigenvalue weighted by atomic mass is 9.94. The summed E-state index contributed by atoms with van der Waals surface area (Å²) in [6.07, 6.45) is 0. The summed E-state index contributed by atoms with van der Waals surface area (Å²) in [5.74, 6) is 1.27. The number of benzene rings is 3. The number of hydrogen-bond acceptors (Lipinski definition) is 4. The molecule has 1 unspecified atom stereocenters.